The first kappa shape index (κ1) is 21.0. The van der Waals surface area contributed by atoms with Crippen molar-refractivity contribution >= 4 is 0 Å². The molecule has 2 saturated heterocycles. The monoisotopic (exact) mass is 362 g/mol. The highest BCUT2D eigenvalue weighted by atomic mass is 16.8. The molecule has 7 heteroatoms. The van der Waals surface area contributed by atoms with Crippen LogP contribution in [0.25, 0.3) is 0 Å². The van der Waals surface area contributed by atoms with E-state index in [0.29, 0.717) is 39.6 Å². The van der Waals surface area contributed by atoms with Crippen LogP contribution in [0.1, 0.15) is 41.5 Å². The maximum absolute atomic E-state index is 5.87. The zero-order valence-electron chi connectivity index (χ0n) is 16.4. The number of ether oxygens (including phenoxy) is 7. The van der Waals surface area contributed by atoms with Gasteiger partial charge in [0.15, 0.2) is 11.6 Å². The zero-order valence-corrected chi connectivity index (χ0v) is 16.4. The lowest BCUT2D eigenvalue weighted by molar-refractivity contribution is -0.153. The lowest BCUT2D eigenvalue weighted by Crippen LogP contribution is -2.32. The molecule has 7 nitrogen and oxygen atoms in total. The normalized spacial score (nSPS) is 29.4. The van der Waals surface area contributed by atoms with E-state index in [1.807, 2.05) is 41.5 Å². The Bertz CT molecular complexity index is 365. The molecule has 0 aromatic rings. The van der Waals surface area contributed by atoms with E-state index in [9.17, 15) is 0 Å². The molecule has 0 radical (unpaired) electrons. The minimum atomic E-state index is -0.526. The molecule has 25 heavy (non-hydrogen) atoms. The Morgan fingerprint density at radius 1 is 0.840 bits per heavy atom. The third-order valence-electron chi connectivity index (χ3n) is 3.81. The van der Waals surface area contributed by atoms with Crippen molar-refractivity contribution in [2.24, 2.45) is 0 Å². The second-order valence-corrected chi connectivity index (χ2v) is 7.78. The Morgan fingerprint density at radius 2 is 1.28 bits per heavy atom. The zero-order chi connectivity index (χ0) is 18.5. The first-order valence-corrected chi connectivity index (χ1v) is 9.10. The molecule has 2 heterocycles. The highest BCUT2D eigenvalue weighted by Crippen LogP contribution is 2.23. The molecule has 0 saturated carbocycles. The van der Waals surface area contributed by atoms with Crippen LogP contribution in [0.3, 0.4) is 0 Å². The average molecular weight is 362 g/mol. The van der Waals surface area contributed by atoms with E-state index in [1.165, 1.54) is 0 Å². The van der Waals surface area contributed by atoms with Gasteiger partial charge in [0.1, 0.15) is 18.3 Å². The maximum atomic E-state index is 5.87. The fourth-order valence-corrected chi connectivity index (χ4v) is 2.86. The molecule has 0 N–H and O–H groups in total. The quantitative estimate of drug-likeness (QED) is 0.590. The second kappa shape index (κ2) is 9.08. The van der Waals surface area contributed by atoms with Crippen LogP contribution < -0.4 is 0 Å². The fourth-order valence-electron chi connectivity index (χ4n) is 2.86. The summed E-state index contributed by atoms with van der Waals surface area (Å²) in [5, 5.41) is 0. The van der Waals surface area contributed by atoms with Gasteiger partial charge in [0.2, 0.25) is 0 Å². The number of hydrogen-bond acceptors (Lipinski definition) is 7. The lowest BCUT2D eigenvalue weighted by atomic mass is 10.3. The lowest BCUT2D eigenvalue weighted by Gasteiger charge is -2.22. The molecular weight excluding hydrogens is 328 g/mol. The molecule has 2 fully saturated rings. The number of rotatable bonds is 10. The summed E-state index contributed by atoms with van der Waals surface area (Å²) in [7, 11) is 0. The van der Waals surface area contributed by atoms with Crippen molar-refractivity contribution in [2.45, 2.75) is 77.5 Å². The summed E-state index contributed by atoms with van der Waals surface area (Å²) in [4.78, 5) is 0. The minimum absolute atomic E-state index is 0.0399. The molecule has 2 aliphatic rings. The van der Waals surface area contributed by atoms with E-state index in [2.05, 4.69) is 0 Å². The summed E-state index contributed by atoms with van der Waals surface area (Å²) in [5.41, 5.74) is 0. The van der Waals surface area contributed by atoms with Crippen molar-refractivity contribution in [1.82, 2.24) is 0 Å². The van der Waals surface area contributed by atoms with Crippen LogP contribution in [0.4, 0.5) is 0 Å². The summed E-state index contributed by atoms with van der Waals surface area (Å²) in [6, 6.07) is 0. The van der Waals surface area contributed by atoms with Gasteiger partial charge >= 0.3 is 0 Å². The van der Waals surface area contributed by atoms with Crippen LogP contribution >= 0.6 is 0 Å². The summed E-state index contributed by atoms with van der Waals surface area (Å²) in [6.07, 6.45) is -0.110. The van der Waals surface area contributed by atoms with Crippen LogP contribution in [0, 0.1) is 0 Å². The van der Waals surface area contributed by atoms with Gasteiger partial charge in [-0.05, 0) is 41.5 Å². The third-order valence-corrected chi connectivity index (χ3v) is 3.81. The van der Waals surface area contributed by atoms with Gasteiger partial charge in [-0.25, -0.2) is 0 Å². The van der Waals surface area contributed by atoms with Crippen molar-refractivity contribution < 1.29 is 33.2 Å². The summed E-state index contributed by atoms with van der Waals surface area (Å²) in [5.74, 6) is -1.05. The van der Waals surface area contributed by atoms with Crippen molar-refractivity contribution in [2.75, 3.05) is 39.6 Å². The molecule has 0 aliphatic carbocycles. The van der Waals surface area contributed by atoms with E-state index in [0.717, 1.165) is 0 Å². The molecule has 0 aromatic carbocycles. The maximum Gasteiger partial charge on any atom is 0.163 e. The van der Waals surface area contributed by atoms with Gasteiger partial charge in [0.05, 0.1) is 45.7 Å². The van der Waals surface area contributed by atoms with Gasteiger partial charge in [-0.1, -0.05) is 0 Å². The molecule has 0 spiro atoms. The highest BCUT2D eigenvalue weighted by molar-refractivity contribution is 4.72. The van der Waals surface area contributed by atoms with Gasteiger partial charge in [-0.3, -0.25) is 0 Å². The fraction of sp³-hybridized carbons (Fsp3) is 1.00. The van der Waals surface area contributed by atoms with E-state index >= 15 is 0 Å². The standard InChI is InChI=1S/C18H34O7/c1-13(2)23-14(7-19-9-15-11-21-17(3,4)24-15)8-20-10-16-12-22-18(5,6)25-16/h13-16H,7-12H2,1-6H3. The smallest absolute Gasteiger partial charge is 0.163 e. The minimum Gasteiger partial charge on any atom is -0.376 e. The molecular formula is C18H34O7. The van der Waals surface area contributed by atoms with Gasteiger partial charge in [-0.15, -0.1) is 0 Å². The van der Waals surface area contributed by atoms with E-state index in [1.54, 1.807) is 0 Å². The van der Waals surface area contributed by atoms with Gasteiger partial charge < -0.3 is 33.2 Å². The largest absolute Gasteiger partial charge is 0.376 e. The predicted octanol–water partition coefficient (Wildman–Crippen LogP) is 2.12. The van der Waals surface area contributed by atoms with E-state index < -0.39 is 11.6 Å². The van der Waals surface area contributed by atoms with Gasteiger partial charge in [0, 0.05) is 0 Å². The Kier molecular flexibility index (Phi) is 7.64. The Balaban J connectivity index is 1.64. The first-order valence-electron chi connectivity index (χ1n) is 9.10. The first-order chi connectivity index (χ1) is 11.7. The van der Waals surface area contributed by atoms with Crippen LogP contribution in [-0.2, 0) is 33.2 Å². The summed E-state index contributed by atoms with van der Waals surface area (Å²) < 4.78 is 39.9. The molecule has 0 aromatic heterocycles. The Labute approximate surface area is 151 Å². The summed E-state index contributed by atoms with van der Waals surface area (Å²) >= 11 is 0. The van der Waals surface area contributed by atoms with Gasteiger partial charge in [0.25, 0.3) is 0 Å². The topological polar surface area (TPSA) is 64.6 Å². The van der Waals surface area contributed by atoms with Crippen molar-refractivity contribution in [1.29, 1.82) is 0 Å². The SMILES string of the molecule is CC(C)OC(COCC1COC(C)(C)O1)COCC1COC(C)(C)O1. The summed E-state index contributed by atoms with van der Waals surface area (Å²) in [6.45, 7) is 14.6. The predicted molar refractivity (Wildman–Crippen MR) is 91.5 cm³/mol. The molecule has 2 atom stereocenters. The van der Waals surface area contributed by atoms with Crippen molar-refractivity contribution in [3.63, 3.8) is 0 Å². The van der Waals surface area contributed by atoms with Crippen molar-refractivity contribution in [3.8, 4) is 0 Å². The van der Waals surface area contributed by atoms with E-state index in [-0.39, 0.29) is 24.4 Å². The van der Waals surface area contributed by atoms with Crippen LogP contribution in [0.5, 0.6) is 0 Å². The second-order valence-electron chi connectivity index (χ2n) is 7.78. The Hall–Kier alpha value is -0.280. The Morgan fingerprint density at radius 3 is 1.60 bits per heavy atom. The van der Waals surface area contributed by atoms with Crippen LogP contribution in [0.2, 0.25) is 0 Å². The molecule has 0 bridgehead atoms. The molecule has 2 rings (SSSR count). The van der Waals surface area contributed by atoms with Crippen LogP contribution in [0.15, 0.2) is 0 Å². The molecule has 2 aliphatic heterocycles. The number of hydrogen-bond donors (Lipinski definition) is 0. The van der Waals surface area contributed by atoms with Crippen LogP contribution in [-0.4, -0.2) is 75.6 Å². The molecule has 0 amide bonds. The highest BCUT2D eigenvalue weighted by Gasteiger charge is 2.34. The van der Waals surface area contributed by atoms with Crippen molar-refractivity contribution in [3.05, 3.63) is 0 Å². The average Bonchev–Trinajstić information content (AvgIpc) is 3.00. The third kappa shape index (κ3) is 7.86. The molecule has 2 unspecified atom stereocenters. The van der Waals surface area contributed by atoms with E-state index in [4.69, 9.17) is 33.2 Å². The molecule has 148 valence electrons. The van der Waals surface area contributed by atoms with Gasteiger partial charge in [-0.2, -0.15) is 0 Å².